The molecule has 0 radical (unpaired) electrons. The third kappa shape index (κ3) is 3.56. The minimum absolute atomic E-state index is 0.264. The minimum Gasteiger partial charge on any atom is -0.395 e. The summed E-state index contributed by atoms with van der Waals surface area (Å²) in [6.07, 6.45) is 2.30. The van der Waals surface area contributed by atoms with Crippen LogP contribution >= 0.6 is 0 Å². The Bertz CT molecular complexity index is 155. The summed E-state index contributed by atoms with van der Waals surface area (Å²) in [4.78, 5) is 2.32. The van der Waals surface area contributed by atoms with Gasteiger partial charge in [-0.3, -0.25) is 0 Å². The maximum absolute atomic E-state index is 8.91. The Morgan fingerprint density at radius 3 is 2.50 bits per heavy atom. The topological polar surface area (TPSA) is 32.7 Å². The van der Waals surface area contributed by atoms with E-state index in [1.54, 1.807) is 0 Å². The fourth-order valence-corrected chi connectivity index (χ4v) is 2.05. The maximum atomic E-state index is 8.91. The molecule has 3 heteroatoms. The summed E-state index contributed by atoms with van der Waals surface area (Å²) < 4.78 is 5.37. The number of hydrogen-bond acceptors (Lipinski definition) is 3. The molecule has 1 aliphatic rings. The van der Waals surface area contributed by atoms with E-state index in [0.29, 0.717) is 5.41 Å². The maximum Gasteiger partial charge on any atom is 0.0558 e. The van der Waals surface area contributed by atoms with Crippen molar-refractivity contribution < 1.29 is 9.84 Å². The molecule has 0 spiro atoms. The third-order valence-electron chi connectivity index (χ3n) is 3.17. The van der Waals surface area contributed by atoms with Gasteiger partial charge in [-0.1, -0.05) is 13.8 Å². The fourth-order valence-electron chi connectivity index (χ4n) is 2.05. The predicted octanol–water partition coefficient (Wildman–Crippen LogP) is 1.12. The van der Waals surface area contributed by atoms with Crippen molar-refractivity contribution in [3.63, 3.8) is 0 Å². The molecule has 0 aliphatic carbocycles. The van der Waals surface area contributed by atoms with Crippen LogP contribution in [0.15, 0.2) is 0 Å². The predicted molar refractivity (Wildman–Crippen MR) is 57.4 cm³/mol. The molecular formula is C11H23NO2. The Morgan fingerprint density at radius 1 is 1.36 bits per heavy atom. The zero-order valence-corrected chi connectivity index (χ0v) is 9.46. The van der Waals surface area contributed by atoms with Crippen molar-refractivity contribution in [2.24, 2.45) is 5.41 Å². The van der Waals surface area contributed by atoms with Gasteiger partial charge in [0.2, 0.25) is 0 Å². The summed E-state index contributed by atoms with van der Waals surface area (Å²) in [5.41, 5.74) is 0.392. The second kappa shape index (κ2) is 5.69. The van der Waals surface area contributed by atoms with Gasteiger partial charge in [0.05, 0.1) is 6.61 Å². The lowest BCUT2D eigenvalue weighted by Gasteiger charge is -2.37. The molecule has 1 aliphatic heterocycles. The lowest BCUT2D eigenvalue weighted by Crippen LogP contribution is -2.40. The second-order valence-electron chi connectivity index (χ2n) is 4.52. The zero-order valence-electron chi connectivity index (χ0n) is 9.46. The summed E-state index contributed by atoms with van der Waals surface area (Å²) in [5, 5.41) is 8.91. The van der Waals surface area contributed by atoms with Crippen molar-refractivity contribution in [1.82, 2.24) is 4.90 Å². The van der Waals surface area contributed by atoms with E-state index in [2.05, 4.69) is 18.7 Å². The van der Waals surface area contributed by atoms with Gasteiger partial charge in [-0.05, 0) is 24.8 Å². The highest BCUT2D eigenvalue weighted by atomic mass is 16.5. The lowest BCUT2D eigenvalue weighted by molar-refractivity contribution is 0.00371. The number of nitrogens with zero attached hydrogens (tertiary/aromatic N) is 1. The van der Waals surface area contributed by atoms with Crippen molar-refractivity contribution in [3.05, 3.63) is 0 Å². The van der Waals surface area contributed by atoms with Gasteiger partial charge in [-0.15, -0.1) is 0 Å². The molecule has 0 aromatic heterocycles. The molecule has 1 N–H and O–H groups in total. The van der Waals surface area contributed by atoms with Gasteiger partial charge in [0.15, 0.2) is 0 Å². The van der Waals surface area contributed by atoms with Crippen LogP contribution in [0.4, 0.5) is 0 Å². The minimum atomic E-state index is 0.264. The van der Waals surface area contributed by atoms with Gasteiger partial charge >= 0.3 is 0 Å². The molecular weight excluding hydrogens is 178 g/mol. The van der Waals surface area contributed by atoms with Crippen LogP contribution in [-0.4, -0.2) is 49.5 Å². The highest BCUT2D eigenvalue weighted by Crippen LogP contribution is 2.30. The monoisotopic (exact) mass is 201 g/mol. The molecule has 14 heavy (non-hydrogen) atoms. The van der Waals surface area contributed by atoms with Crippen LogP contribution in [0.3, 0.4) is 0 Å². The second-order valence-corrected chi connectivity index (χ2v) is 4.52. The molecule has 0 aromatic rings. The van der Waals surface area contributed by atoms with E-state index in [-0.39, 0.29) is 6.61 Å². The Balaban J connectivity index is 2.38. The van der Waals surface area contributed by atoms with Crippen molar-refractivity contribution in [3.8, 4) is 0 Å². The fraction of sp³-hybridized carbons (Fsp3) is 1.00. The van der Waals surface area contributed by atoms with E-state index in [9.17, 15) is 0 Å². The Morgan fingerprint density at radius 2 is 2.00 bits per heavy atom. The average molecular weight is 201 g/mol. The Labute approximate surface area is 87.1 Å². The van der Waals surface area contributed by atoms with E-state index in [1.807, 2.05) is 0 Å². The summed E-state index contributed by atoms with van der Waals surface area (Å²) in [7, 11) is 0. The number of ether oxygens (including phenoxy) is 1. The molecule has 0 saturated carbocycles. The Hall–Kier alpha value is -0.120. The molecule has 1 fully saturated rings. The molecule has 1 saturated heterocycles. The summed E-state index contributed by atoms with van der Waals surface area (Å²) >= 11 is 0. The van der Waals surface area contributed by atoms with E-state index in [1.165, 1.54) is 0 Å². The molecule has 84 valence electrons. The number of rotatable bonds is 5. The van der Waals surface area contributed by atoms with Gasteiger partial charge in [0.25, 0.3) is 0 Å². The molecule has 0 aromatic carbocycles. The van der Waals surface area contributed by atoms with E-state index in [4.69, 9.17) is 9.84 Å². The first-order valence-corrected chi connectivity index (χ1v) is 5.61. The van der Waals surface area contributed by atoms with Crippen LogP contribution in [0, 0.1) is 5.41 Å². The van der Waals surface area contributed by atoms with Gasteiger partial charge in [0, 0.05) is 26.3 Å². The molecule has 0 atom stereocenters. The van der Waals surface area contributed by atoms with Gasteiger partial charge in [0.1, 0.15) is 0 Å². The number of likely N-dealkylation sites (N-methyl/N-ethyl adjacent to an activating group) is 1. The van der Waals surface area contributed by atoms with E-state index < -0.39 is 0 Å². The standard InChI is InChI=1S/C11H23NO2/c1-3-12(6-7-13)10-11(2)4-8-14-9-5-11/h13H,3-10H2,1-2H3. The number of aliphatic hydroxyl groups is 1. The molecule has 0 amide bonds. The van der Waals surface area contributed by atoms with Crippen LogP contribution < -0.4 is 0 Å². The summed E-state index contributed by atoms with van der Waals surface area (Å²) in [6.45, 7) is 9.45. The van der Waals surface area contributed by atoms with Crippen molar-refractivity contribution in [2.75, 3.05) is 39.5 Å². The van der Waals surface area contributed by atoms with E-state index in [0.717, 1.165) is 45.7 Å². The molecule has 0 unspecified atom stereocenters. The van der Waals surface area contributed by atoms with Crippen LogP contribution in [-0.2, 0) is 4.74 Å². The van der Waals surface area contributed by atoms with Crippen molar-refractivity contribution >= 4 is 0 Å². The van der Waals surface area contributed by atoms with Gasteiger partial charge < -0.3 is 14.7 Å². The zero-order chi connectivity index (χ0) is 10.4. The smallest absolute Gasteiger partial charge is 0.0558 e. The molecule has 3 nitrogen and oxygen atoms in total. The number of hydrogen-bond donors (Lipinski definition) is 1. The number of aliphatic hydroxyl groups excluding tert-OH is 1. The van der Waals surface area contributed by atoms with Crippen LogP contribution in [0.5, 0.6) is 0 Å². The molecule has 1 heterocycles. The first kappa shape index (κ1) is 12.0. The largest absolute Gasteiger partial charge is 0.395 e. The first-order valence-electron chi connectivity index (χ1n) is 5.61. The molecule has 0 bridgehead atoms. The highest BCUT2D eigenvalue weighted by molar-refractivity contribution is 4.80. The quantitative estimate of drug-likeness (QED) is 0.723. The van der Waals surface area contributed by atoms with Crippen LogP contribution in [0.1, 0.15) is 26.7 Å². The highest BCUT2D eigenvalue weighted by Gasteiger charge is 2.28. The summed E-state index contributed by atoms with van der Waals surface area (Å²) in [6, 6.07) is 0. The van der Waals surface area contributed by atoms with Crippen LogP contribution in [0.25, 0.3) is 0 Å². The average Bonchev–Trinajstić information content (AvgIpc) is 2.18. The van der Waals surface area contributed by atoms with Crippen molar-refractivity contribution in [1.29, 1.82) is 0 Å². The lowest BCUT2D eigenvalue weighted by atomic mass is 9.82. The summed E-state index contributed by atoms with van der Waals surface area (Å²) in [5.74, 6) is 0. The molecule has 1 rings (SSSR count). The van der Waals surface area contributed by atoms with Crippen molar-refractivity contribution in [2.45, 2.75) is 26.7 Å². The van der Waals surface area contributed by atoms with Gasteiger partial charge in [-0.25, -0.2) is 0 Å². The normalized spacial score (nSPS) is 21.4. The van der Waals surface area contributed by atoms with Crippen LogP contribution in [0.2, 0.25) is 0 Å². The Kier molecular flexibility index (Phi) is 4.85. The SMILES string of the molecule is CCN(CCO)CC1(C)CCOCC1. The van der Waals surface area contributed by atoms with Gasteiger partial charge in [-0.2, -0.15) is 0 Å². The first-order chi connectivity index (χ1) is 6.70. The van der Waals surface area contributed by atoms with E-state index >= 15 is 0 Å². The third-order valence-corrected chi connectivity index (χ3v) is 3.17.